The quantitative estimate of drug-likeness (QED) is 0.711. The Morgan fingerprint density at radius 2 is 2.15 bits per heavy atom. The van der Waals surface area contributed by atoms with Gasteiger partial charge in [-0.25, -0.2) is 9.97 Å². The van der Waals surface area contributed by atoms with Crippen LogP contribution in [0.25, 0.3) is 10.2 Å². The first-order chi connectivity index (χ1) is 9.67. The van der Waals surface area contributed by atoms with E-state index in [9.17, 15) is 0 Å². The van der Waals surface area contributed by atoms with E-state index >= 15 is 0 Å². The van der Waals surface area contributed by atoms with E-state index in [2.05, 4.69) is 28.3 Å². The summed E-state index contributed by atoms with van der Waals surface area (Å²) >= 11 is 7.85. The fourth-order valence-electron chi connectivity index (χ4n) is 1.95. The number of rotatable bonds is 3. The molecular weight excluding hydrogens is 292 g/mol. The molecule has 1 aromatic carbocycles. The van der Waals surface area contributed by atoms with Crippen LogP contribution in [0.1, 0.15) is 11.8 Å². The number of nitrogens with one attached hydrogen (secondary N) is 1. The molecule has 0 aliphatic carbocycles. The zero-order valence-corrected chi connectivity index (χ0v) is 12.4. The van der Waals surface area contributed by atoms with Gasteiger partial charge in [-0.1, -0.05) is 18.5 Å². The molecule has 4 nitrogen and oxygen atoms in total. The van der Waals surface area contributed by atoms with E-state index < -0.39 is 0 Å². The van der Waals surface area contributed by atoms with Crippen LogP contribution in [0.3, 0.4) is 0 Å². The highest BCUT2D eigenvalue weighted by Crippen LogP contribution is 2.32. The molecule has 6 heteroatoms. The topological polar surface area (TPSA) is 63.8 Å². The SMILES string of the molecule is CCc1cc2c(Nc3cc(N)ccc3Cl)ncnc2s1. The van der Waals surface area contributed by atoms with Crippen LogP contribution < -0.4 is 11.1 Å². The van der Waals surface area contributed by atoms with E-state index in [1.54, 1.807) is 35.9 Å². The molecule has 0 aliphatic heterocycles. The van der Waals surface area contributed by atoms with Gasteiger partial charge in [-0.05, 0) is 30.7 Å². The van der Waals surface area contributed by atoms with Crippen LogP contribution in [-0.2, 0) is 6.42 Å². The van der Waals surface area contributed by atoms with E-state index in [0.717, 1.165) is 28.1 Å². The lowest BCUT2D eigenvalue weighted by Gasteiger charge is -2.09. The standard InChI is InChI=1S/C14H13ClN4S/c1-2-9-6-10-13(17-7-18-14(10)20-9)19-12-5-8(16)3-4-11(12)15/h3-7H,2,16H2,1H3,(H,17,18,19). The van der Waals surface area contributed by atoms with Crippen molar-refractivity contribution in [3.05, 3.63) is 40.5 Å². The van der Waals surface area contributed by atoms with Crippen LogP contribution in [0.2, 0.25) is 5.02 Å². The highest BCUT2D eigenvalue weighted by atomic mass is 35.5. The van der Waals surface area contributed by atoms with Gasteiger partial charge in [-0.2, -0.15) is 0 Å². The van der Waals surface area contributed by atoms with Crippen molar-refractivity contribution in [3.63, 3.8) is 0 Å². The van der Waals surface area contributed by atoms with Crippen molar-refractivity contribution in [1.82, 2.24) is 9.97 Å². The van der Waals surface area contributed by atoms with Gasteiger partial charge in [0.15, 0.2) is 0 Å². The minimum atomic E-state index is 0.608. The molecule has 0 aliphatic rings. The molecule has 0 spiro atoms. The number of hydrogen-bond acceptors (Lipinski definition) is 5. The third-order valence-electron chi connectivity index (χ3n) is 2.97. The molecule has 3 N–H and O–H groups in total. The molecule has 0 bridgehead atoms. The number of aryl methyl sites for hydroxylation is 1. The van der Waals surface area contributed by atoms with Gasteiger partial charge in [-0.3, -0.25) is 0 Å². The van der Waals surface area contributed by atoms with Crippen LogP contribution in [0, 0.1) is 0 Å². The Kier molecular flexibility index (Phi) is 3.46. The van der Waals surface area contributed by atoms with Crippen LogP contribution in [0.15, 0.2) is 30.6 Å². The molecule has 2 aromatic heterocycles. The van der Waals surface area contributed by atoms with Crippen molar-refractivity contribution in [3.8, 4) is 0 Å². The van der Waals surface area contributed by atoms with Crippen LogP contribution in [0.5, 0.6) is 0 Å². The molecule has 3 aromatic rings. The number of nitrogens with two attached hydrogens (primary N) is 1. The fraction of sp³-hybridized carbons (Fsp3) is 0.143. The first-order valence-corrected chi connectivity index (χ1v) is 7.42. The van der Waals surface area contributed by atoms with Crippen molar-refractivity contribution in [2.24, 2.45) is 0 Å². The number of nitrogens with zero attached hydrogens (tertiary/aromatic N) is 2. The summed E-state index contributed by atoms with van der Waals surface area (Å²) in [5.74, 6) is 0.749. The Morgan fingerprint density at radius 1 is 1.30 bits per heavy atom. The average Bonchev–Trinajstić information content (AvgIpc) is 2.87. The van der Waals surface area contributed by atoms with Gasteiger partial charge >= 0.3 is 0 Å². The molecule has 0 amide bonds. The summed E-state index contributed by atoms with van der Waals surface area (Å²) < 4.78 is 0. The average molecular weight is 305 g/mol. The lowest BCUT2D eigenvalue weighted by molar-refractivity contribution is 1.19. The lowest BCUT2D eigenvalue weighted by atomic mass is 10.2. The Bertz CT molecular complexity index is 769. The number of nitrogen functional groups attached to an aromatic ring is 1. The lowest BCUT2D eigenvalue weighted by Crippen LogP contribution is -1.96. The van der Waals surface area contributed by atoms with Crippen LogP contribution in [0.4, 0.5) is 17.2 Å². The van der Waals surface area contributed by atoms with Gasteiger partial charge in [0.25, 0.3) is 0 Å². The van der Waals surface area contributed by atoms with Crippen LogP contribution >= 0.6 is 22.9 Å². The van der Waals surface area contributed by atoms with Crippen molar-refractivity contribution < 1.29 is 0 Å². The highest BCUT2D eigenvalue weighted by molar-refractivity contribution is 7.18. The van der Waals surface area contributed by atoms with E-state index in [4.69, 9.17) is 17.3 Å². The molecule has 0 radical (unpaired) electrons. The Hall–Kier alpha value is -1.85. The number of aromatic nitrogens is 2. The van der Waals surface area contributed by atoms with Gasteiger partial charge < -0.3 is 11.1 Å². The van der Waals surface area contributed by atoms with Gasteiger partial charge in [0.1, 0.15) is 17.0 Å². The first kappa shape index (κ1) is 13.1. The smallest absolute Gasteiger partial charge is 0.142 e. The third-order valence-corrected chi connectivity index (χ3v) is 4.49. The largest absolute Gasteiger partial charge is 0.399 e. The highest BCUT2D eigenvalue weighted by Gasteiger charge is 2.09. The molecule has 0 saturated heterocycles. The third kappa shape index (κ3) is 2.42. The summed E-state index contributed by atoms with van der Waals surface area (Å²) in [4.78, 5) is 10.9. The van der Waals surface area contributed by atoms with Gasteiger partial charge in [0.2, 0.25) is 0 Å². The maximum absolute atomic E-state index is 6.17. The normalized spacial score (nSPS) is 10.9. The predicted molar refractivity (Wildman–Crippen MR) is 85.9 cm³/mol. The minimum Gasteiger partial charge on any atom is -0.399 e. The fourth-order valence-corrected chi connectivity index (χ4v) is 3.05. The minimum absolute atomic E-state index is 0.608. The van der Waals surface area contributed by atoms with Crippen molar-refractivity contribution >= 4 is 50.3 Å². The Labute approximate surface area is 125 Å². The van der Waals surface area contributed by atoms with E-state index in [1.165, 1.54) is 4.88 Å². The number of benzene rings is 1. The second-order valence-electron chi connectivity index (χ2n) is 4.37. The summed E-state index contributed by atoms with van der Waals surface area (Å²) in [5.41, 5.74) is 7.19. The molecule has 2 heterocycles. The summed E-state index contributed by atoms with van der Waals surface area (Å²) in [6.45, 7) is 2.13. The van der Waals surface area contributed by atoms with E-state index in [-0.39, 0.29) is 0 Å². The molecule has 0 fully saturated rings. The number of hydrogen-bond donors (Lipinski definition) is 2. The maximum Gasteiger partial charge on any atom is 0.142 e. The summed E-state index contributed by atoms with van der Waals surface area (Å²) in [5, 5.41) is 4.85. The predicted octanol–water partition coefficient (Wildman–Crippen LogP) is 4.23. The zero-order chi connectivity index (χ0) is 14.1. The monoisotopic (exact) mass is 304 g/mol. The molecule has 20 heavy (non-hydrogen) atoms. The molecule has 0 unspecified atom stereocenters. The number of fused-ring (bicyclic) bond motifs is 1. The number of anilines is 3. The van der Waals surface area contributed by atoms with Gasteiger partial charge in [0, 0.05) is 10.6 Å². The summed E-state index contributed by atoms with van der Waals surface area (Å²) in [6, 6.07) is 7.44. The molecule has 0 atom stereocenters. The van der Waals surface area contributed by atoms with Gasteiger partial charge in [0.05, 0.1) is 16.1 Å². The molecular formula is C14H13ClN4S. The Balaban J connectivity index is 2.06. The van der Waals surface area contributed by atoms with E-state index in [0.29, 0.717) is 10.7 Å². The van der Waals surface area contributed by atoms with Crippen LogP contribution in [-0.4, -0.2) is 9.97 Å². The van der Waals surface area contributed by atoms with Crippen molar-refractivity contribution in [2.75, 3.05) is 11.1 Å². The molecule has 0 saturated carbocycles. The van der Waals surface area contributed by atoms with E-state index in [1.807, 2.05) is 0 Å². The Morgan fingerprint density at radius 3 is 2.95 bits per heavy atom. The zero-order valence-electron chi connectivity index (χ0n) is 10.9. The second kappa shape index (κ2) is 5.26. The maximum atomic E-state index is 6.17. The molecule has 3 rings (SSSR count). The first-order valence-electron chi connectivity index (χ1n) is 6.23. The number of thiophene rings is 1. The van der Waals surface area contributed by atoms with Crippen molar-refractivity contribution in [1.29, 1.82) is 0 Å². The van der Waals surface area contributed by atoms with Gasteiger partial charge in [-0.15, -0.1) is 11.3 Å². The molecule has 102 valence electrons. The summed E-state index contributed by atoms with van der Waals surface area (Å²) in [6.07, 6.45) is 2.54. The van der Waals surface area contributed by atoms with Crippen molar-refractivity contribution in [2.45, 2.75) is 13.3 Å². The summed E-state index contributed by atoms with van der Waals surface area (Å²) in [7, 11) is 0. The second-order valence-corrected chi connectivity index (χ2v) is 5.89. The number of halogens is 1.